The van der Waals surface area contributed by atoms with Gasteiger partial charge in [-0.2, -0.15) is 0 Å². The predicted molar refractivity (Wildman–Crippen MR) is 175 cm³/mol. The van der Waals surface area contributed by atoms with Gasteiger partial charge >= 0.3 is 0 Å². The summed E-state index contributed by atoms with van der Waals surface area (Å²) in [5.41, 5.74) is 4.79. The quantitative estimate of drug-likeness (QED) is 0.140. The fourth-order valence-electron chi connectivity index (χ4n) is 5.15. The van der Waals surface area contributed by atoms with Crippen molar-refractivity contribution in [3.63, 3.8) is 0 Å². The van der Waals surface area contributed by atoms with Crippen LogP contribution in [0.5, 0.6) is 0 Å². The topological polar surface area (TPSA) is 73.6 Å². The van der Waals surface area contributed by atoms with Gasteiger partial charge in [-0.15, -0.1) is 22.7 Å². The van der Waals surface area contributed by atoms with Crippen molar-refractivity contribution in [2.75, 3.05) is 0 Å². The average Bonchev–Trinajstić information content (AvgIpc) is 3.59. The van der Waals surface area contributed by atoms with Gasteiger partial charge in [-0.05, 0) is 55.8 Å². The zero-order chi connectivity index (χ0) is 28.8. The molecule has 5 aromatic heterocycles. The zero-order valence-corrected chi connectivity index (χ0v) is 25.6. The first-order chi connectivity index (χ1) is 20.5. The molecule has 0 radical (unpaired) electrons. The Labute approximate surface area is 254 Å². The third-order valence-corrected chi connectivity index (χ3v) is 9.88. The van der Waals surface area contributed by atoms with Crippen molar-refractivity contribution >= 4 is 54.9 Å². The van der Waals surface area contributed by atoms with Crippen LogP contribution < -0.4 is 5.56 Å². The Bertz CT molecular complexity index is 2120. The fourth-order valence-corrected chi connectivity index (χ4v) is 8.38. The lowest BCUT2D eigenvalue weighted by Crippen LogP contribution is -2.24. The van der Waals surface area contributed by atoms with Gasteiger partial charge in [-0.25, -0.2) is 15.0 Å². The number of thiophene rings is 2. The number of aromatic nitrogens is 5. The summed E-state index contributed by atoms with van der Waals surface area (Å²) in [6, 6.07) is 26.0. The normalized spacial score (nSPS) is 11.6. The molecule has 0 bridgehead atoms. The summed E-state index contributed by atoms with van der Waals surface area (Å²) < 4.78 is 1.79. The Hall–Kier alpha value is -4.18. The minimum Gasteiger partial charge on any atom is -0.284 e. The fraction of sp³-hybridized carbons (Fsp3) is 0.121. The minimum atomic E-state index is -0.106. The first kappa shape index (κ1) is 26.7. The molecule has 206 valence electrons. The molecule has 5 heterocycles. The first-order valence-electron chi connectivity index (χ1n) is 13.5. The second kappa shape index (κ2) is 10.9. The molecular formula is C33H25N5OS3. The summed E-state index contributed by atoms with van der Waals surface area (Å²) in [6.45, 7) is 6.16. The maximum Gasteiger partial charge on any atom is 0.263 e. The lowest BCUT2D eigenvalue weighted by molar-refractivity contribution is 0.519. The van der Waals surface area contributed by atoms with Gasteiger partial charge in [0.25, 0.3) is 5.56 Å². The van der Waals surface area contributed by atoms with E-state index in [0.29, 0.717) is 22.1 Å². The highest BCUT2D eigenvalue weighted by atomic mass is 32.2. The molecule has 7 rings (SSSR count). The van der Waals surface area contributed by atoms with Crippen molar-refractivity contribution in [3.05, 3.63) is 106 Å². The third kappa shape index (κ3) is 4.63. The second-order valence-electron chi connectivity index (χ2n) is 10.1. The summed E-state index contributed by atoms with van der Waals surface area (Å²) in [7, 11) is 0. The van der Waals surface area contributed by atoms with Gasteiger partial charge in [0.2, 0.25) is 0 Å². The van der Waals surface area contributed by atoms with Crippen LogP contribution in [0.4, 0.5) is 0 Å². The van der Waals surface area contributed by atoms with E-state index in [2.05, 4.69) is 24.0 Å². The molecule has 0 unspecified atom stereocenters. The van der Waals surface area contributed by atoms with Crippen molar-refractivity contribution in [1.82, 2.24) is 24.5 Å². The van der Waals surface area contributed by atoms with Crippen LogP contribution in [0.15, 0.2) is 105 Å². The summed E-state index contributed by atoms with van der Waals surface area (Å²) in [5.74, 6) is 0.550. The number of benzene rings is 2. The van der Waals surface area contributed by atoms with E-state index in [-0.39, 0.29) is 11.6 Å². The van der Waals surface area contributed by atoms with Crippen molar-refractivity contribution in [2.24, 2.45) is 0 Å². The van der Waals surface area contributed by atoms with E-state index >= 15 is 0 Å². The molecule has 2 aromatic carbocycles. The van der Waals surface area contributed by atoms with E-state index < -0.39 is 0 Å². The number of hydrogen-bond acceptors (Lipinski definition) is 8. The molecule has 0 aliphatic carbocycles. The zero-order valence-electron chi connectivity index (χ0n) is 23.1. The van der Waals surface area contributed by atoms with E-state index in [1.54, 1.807) is 22.1 Å². The molecule has 0 saturated carbocycles. The molecule has 42 heavy (non-hydrogen) atoms. The number of fused-ring (bicyclic) bond motifs is 2. The minimum absolute atomic E-state index is 0.0439. The van der Waals surface area contributed by atoms with Crippen molar-refractivity contribution in [2.45, 2.75) is 37.0 Å². The maximum absolute atomic E-state index is 14.2. The lowest BCUT2D eigenvalue weighted by Gasteiger charge is -2.16. The van der Waals surface area contributed by atoms with Crippen molar-refractivity contribution < 1.29 is 0 Å². The molecule has 0 atom stereocenters. The number of nitrogens with zero attached hydrogens (tertiary/aromatic N) is 5. The first-order valence-corrected chi connectivity index (χ1v) is 16.1. The summed E-state index contributed by atoms with van der Waals surface area (Å²) >= 11 is 4.57. The van der Waals surface area contributed by atoms with Gasteiger partial charge in [0.05, 0.1) is 10.8 Å². The van der Waals surface area contributed by atoms with Crippen LogP contribution in [0.2, 0.25) is 0 Å². The average molecular weight is 604 g/mol. The van der Waals surface area contributed by atoms with Gasteiger partial charge in [0.15, 0.2) is 11.0 Å². The Morgan fingerprint density at radius 2 is 1.52 bits per heavy atom. The molecule has 0 aliphatic rings. The summed E-state index contributed by atoms with van der Waals surface area (Å²) in [4.78, 5) is 36.6. The Kier molecular flexibility index (Phi) is 6.93. The lowest BCUT2D eigenvalue weighted by atomic mass is 10.0. The number of pyridine rings is 1. The molecule has 0 N–H and O–H groups in total. The highest BCUT2D eigenvalue weighted by Crippen LogP contribution is 2.44. The molecule has 0 saturated heterocycles. The van der Waals surface area contributed by atoms with Crippen molar-refractivity contribution in [3.8, 4) is 33.8 Å². The second-order valence-corrected chi connectivity index (χ2v) is 13.1. The number of hydrogen-bond donors (Lipinski definition) is 0. The van der Waals surface area contributed by atoms with E-state index in [9.17, 15) is 4.79 Å². The van der Waals surface area contributed by atoms with Crippen LogP contribution >= 0.6 is 34.4 Å². The molecule has 9 heteroatoms. The largest absolute Gasteiger partial charge is 0.284 e. The molecule has 0 aliphatic heterocycles. The standard InChI is InChI=1S/C33H25N5OS3/c1-19(2)38-32(39)26-23(21-12-6-4-7-13-21)18-40-29(26)37-33(38)42-31-27-25(22-14-8-5-9-15-22)20(3)41-30(27)35-28(36-31)24-16-10-11-17-34-24/h4-19H,1-3H3. The van der Waals surface area contributed by atoms with Crippen LogP contribution in [0.25, 0.3) is 54.2 Å². The highest BCUT2D eigenvalue weighted by molar-refractivity contribution is 7.99. The van der Waals surface area contributed by atoms with Crippen LogP contribution in [0.1, 0.15) is 24.8 Å². The van der Waals surface area contributed by atoms with Gasteiger partial charge in [0, 0.05) is 33.6 Å². The van der Waals surface area contributed by atoms with Crippen molar-refractivity contribution in [1.29, 1.82) is 0 Å². The predicted octanol–water partition coefficient (Wildman–Crippen LogP) is 8.90. The van der Waals surface area contributed by atoms with E-state index in [1.807, 2.05) is 86.0 Å². The summed E-state index contributed by atoms with van der Waals surface area (Å²) in [5, 5.41) is 5.02. The van der Waals surface area contributed by atoms with Gasteiger partial charge in [-0.3, -0.25) is 14.3 Å². The monoisotopic (exact) mass is 603 g/mol. The van der Waals surface area contributed by atoms with Crippen LogP contribution in [0.3, 0.4) is 0 Å². The molecule has 0 spiro atoms. The molecule has 0 amide bonds. The highest BCUT2D eigenvalue weighted by Gasteiger charge is 2.24. The molecule has 7 aromatic rings. The van der Waals surface area contributed by atoms with E-state index in [1.165, 1.54) is 23.1 Å². The smallest absolute Gasteiger partial charge is 0.263 e. The van der Waals surface area contributed by atoms with Crippen LogP contribution in [-0.2, 0) is 0 Å². The Morgan fingerprint density at radius 3 is 2.21 bits per heavy atom. The van der Waals surface area contributed by atoms with E-state index in [4.69, 9.17) is 15.0 Å². The van der Waals surface area contributed by atoms with Gasteiger partial charge in [-0.1, -0.05) is 66.7 Å². The van der Waals surface area contributed by atoms with E-state index in [0.717, 1.165) is 47.2 Å². The molecule has 6 nitrogen and oxygen atoms in total. The van der Waals surface area contributed by atoms with Crippen LogP contribution in [0, 0.1) is 6.92 Å². The third-order valence-electron chi connectivity index (χ3n) is 7.05. The number of rotatable bonds is 6. The SMILES string of the molecule is Cc1sc2nc(-c3ccccn3)nc(Sc3nc4scc(-c5ccccc5)c4c(=O)n3C(C)C)c2c1-c1ccccc1. The van der Waals surface area contributed by atoms with Crippen LogP contribution in [-0.4, -0.2) is 24.5 Å². The Morgan fingerprint density at radius 1 is 0.810 bits per heavy atom. The number of aryl methyl sites for hydroxylation is 1. The molecular weight excluding hydrogens is 579 g/mol. The maximum atomic E-state index is 14.2. The van der Waals surface area contributed by atoms with Gasteiger partial charge in [0.1, 0.15) is 20.4 Å². The van der Waals surface area contributed by atoms with Gasteiger partial charge < -0.3 is 0 Å². The molecule has 0 fully saturated rings. The Balaban J connectivity index is 1.47. The summed E-state index contributed by atoms with van der Waals surface area (Å²) in [6.07, 6.45) is 1.75.